The first-order chi connectivity index (χ1) is 13.9. The van der Waals surface area contributed by atoms with E-state index in [1.54, 1.807) is 14.2 Å². The van der Waals surface area contributed by atoms with Gasteiger partial charge in [0, 0.05) is 33.3 Å². The third-order valence-electron chi connectivity index (χ3n) is 4.81. The number of amides is 1. The van der Waals surface area contributed by atoms with Crippen molar-refractivity contribution in [3.05, 3.63) is 16.3 Å². The molecule has 3 rings (SSSR count). The lowest BCUT2D eigenvalue weighted by atomic mass is 10.1. The SMILES string of the molecule is COCc1nc(OC)c2c(C)c(C(=O)NCC3CN(CC(C)C)CCO3)sc2n1. The van der Waals surface area contributed by atoms with Gasteiger partial charge < -0.3 is 19.5 Å². The van der Waals surface area contributed by atoms with E-state index in [0.717, 1.165) is 35.4 Å². The molecule has 1 amide bonds. The second kappa shape index (κ2) is 9.80. The molecule has 160 valence electrons. The molecule has 0 aliphatic carbocycles. The zero-order chi connectivity index (χ0) is 21.0. The molecule has 0 saturated carbocycles. The van der Waals surface area contributed by atoms with Crippen LogP contribution in [-0.4, -0.2) is 73.9 Å². The van der Waals surface area contributed by atoms with E-state index in [2.05, 4.69) is 34.0 Å². The minimum atomic E-state index is -0.120. The number of morpholine rings is 1. The monoisotopic (exact) mass is 422 g/mol. The fourth-order valence-corrected chi connectivity index (χ4v) is 4.68. The molecular weight excluding hydrogens is 392 g/mol. The average Bonchev–Trinajstić information content (AvgIpc) is 3.02. The molecule has 0 aromatic carbocycles. The fraction of sp³-hybridized carbons (Fsp3) is 0.650. The van der Waals surface area contributed by atoms with Crippen LogP contribution in [0.4, 0.5) is 0 Å². The van der Waals surface area contributed by atoms with Crippen LogP contribution in [0.3, 0.4) is 0 Å². The summed E-state index contributed by atoms with van der Waals surface area (Å²) in [4.78, 5) is 25.5. The van der Waals surface area contributed by atoms with Crippen LogP contribution in [0.2, 0.25) is 0 Å². The number of nitrogens with zero attached hydrogens (tertiary/aromatic N) is 3. The molecule has 0 bridgehead atoms. The van der Waals surface area contributed by atoms with Gasteiger partial charge in [0.1, 0.15) is 11.4 Å². The molecule has 0 spiro atoms. The van der Waals surface area contributed by atoms with Gasteiger partial charge in [-0.1, -0.05) is 13.8 Å². The number of rotatable bonds is 8. The molecule has 29 heavy (non-hydrogen) atoms. The van der Waals surface area contributed by atoms with Gasteiger partial charge in [0.05, 0.1) is 30.1 Å². The third kappa shape index (κ3) is 5.22. The van der Waals surface area contributed by atoms with Gasteiger partial charge in [0.2, 0.25) is 5.88 Å². The molecule has 1 aliphatic heterocycles. The van der Waals surface area contributed by atoms with Crippen LogP contribution in [-0.2, 0) is 16.1 Å². The van der Waals surface area contributed by atoms with Crippen LogP contribution in [0.5, 0.6) is 5.88 Å². The van der Waals surface area contributed by atoms with E-state index in [1.807, 2.05) is 6.92 Å². The number of carbonyl (C=O) groups excluding carboxylic acids is 1. The number of hydrogen-bond donors (Lipinski definition) is 1. The summed E-state index contributed by atoms with van der Waals surface area (Å²) < 4.78 is 16.4. The molecule has 1 saturated heterocycles. The summed E-state index contributed by atoms with van der Waals surface area (Å²) in [5.74, 6) is 1.50. The van der Waals surface area contributed by atoms with Crippen LogP contribution in [0.1, 0.15) is 34.9 Å². The van der Waals surface area contributed by atoms with Gasteiger partial charge in [-0.2, -0.15) is 4.98 Å². The maximum Gasteiger partial charge on any atom is 0.261 e. The topological polar surface area (TPSA) is 85.8 Å². The summed E-state index contributed by atoms with van der Waals surface area (Å²) in [5.41, 5.74) is 0.828. The van der Waals surface area contributed by atoms with Crippen LogP contribution >= 0.6 is 11.3 Å². The molecule has 1 fully saturated rings. The van der Waals surface area contributed by atoms with E-state index < -0.39 is 0 Å². The van der Waals surface area contributed by atoms with Crippen LogP contribution < -0.4 is 10.1 Å². The quantitative estimate of drug-likeness (QED) is 0.698. The molecule has 3 heterocycles. The molecule has 1 unspecified atom stereocenters. The zero-order valence-electron chi connectivity index (χ0n) is 17.8. The van der Waals surface area contributed by atoms with E-state index in [-0.39, 0.29) is 18.6 Å². The van der Waals surface area contributed by atoms with Gasteiger partial charge in [-0.05, 0) is 18.4 Å². The fourth-order valence-electron chi connectivity index (χ4n) is 3.58. The molecule has 0 radical (unpaired) electrons. The third-order valence-corrected chi connectivity index (χ3v) is 6.00. The van der Waals surface area contributed by atoms with Gasteiger partial charge in [-0.25, -0.2) is 4.98 Å². The van der Waals surface area contributed by atoms with Gasteiger partial charge in [-0.3, -0.25) is 9.69 Å². The predicted molar refractivity (Wildman–Crippen MR) is 113 cm³/mol. The number of methoxy groups -OCH3 is 2. The van der Waals surface area contributed by atoms with Crippen molar-refractivity contribution in [2.24, 2.45) is 5.92 Å². The number of ether oxygens (including phenoxy) is 3. The molecule has 2 aromatic rings. The molecule has 1 aliphatic rings. The maximum atomic E-state index is 12.9. The predicted octanol–water partition coefficient (Wildman–Crippen LogP) is 2.24. The van der Waals surface area contributed by atoms with Crippen molar-refractivity contribution in [2.45, 2.75) is 33.5 Å². The summed E-state index contributed by atoms with van der Waals surface area (Å²) in [6.45, 7) is 10.6. The Morgan fingerprint density at radius 2 is 2.17 bits per heavy atom. The normalized spacial score (nSPS) is 17.8. The highest BCUT2D eigenvalue weighted by Crippen LogP contribution is 2.35. The Balaban J connectivity index is 1.71. The van der Waals surface area contributed by atoms with Gasteiger partial charge in [0.15, 0.2) is 5.82 Å². The lowest BCUT2D eigenvalue weighted by Gasteiger charge is -2.33. The Morgan fingerprint density at radius 1 is 1.38 bits per heavy atom. The Kier molecular flexibility index (Phi) is 7.39. The standard InChI is InChI=1S/C20H30N4O4S/c1-12(2)9-24-6-7-28-14(10-24)8-21-18(25)17-13(3)16-19(27-5)22-15(11-26-4)23-20(16)29-17/h12,14H,6-11H2,1-5H3,(H,21,25). The van der Waals surface area contributed by atoms with E-state index in [1.165, 1.54) is 11.3 Å². The number of hydrogen-bond acceptors (Lipinski definition) is 8. The number of thiophene rings is 1. The van der Waals surface area contributed by atoms with E-state index in [9.17, 15) is 4.79 Å². The van der Waals surface area contributed by atoms with Gasteiger partial charge >= 0.3 is 0 Å². The summed E-state index contributed by atoms with van der Waals surface area (Å²) in [5, 5.41) is 3.81. The zero-order valence-corrected chi connectivity index (χ0v) is 18.6. The van der Waals surface area contributed by atoms with Crippen molar-refractivity contribution in [3.8, 4) is 5.88 Å². The maximum absolute atomic E-state index is 12.9. The smallest absolute Gasteiger partial charge is 0.261 e. The summed E-state index contributed by atoms with van der Waals surface area (Å²) in [6, 6.07) is 0. The average molecular weight is 423 g/mol. The molecule has 2 aromatic heterocycles. The highest BCUT2D eigenvalue weighted by atomic mass is 32.1. The van der Waals surface area contributed by atoms with Crippen molar-refractivity contribution >= 4 is 27.5 Å². The van der Waals surface area contributed by atoms with Crippen LogP contribution in [0.15, 0.2) is 0 Å². The lowest BCUT2D eigenvalue weighted by molar-refractivity contribution is -0.0295. The molecule has 8 nitrogen and oxygen atoms in total. The summed E-state index contributed by atoms with van der Waals surface area (Å²) in [6.07, 6.45) is 0.00349. The molecule has 1 atom stereocenters. The number of fused-ring (bicyclic) bond motifs is 1. The van der Waals surface area contributed by atoms with E-state index in [0.29, 0.717) is 35.7 Å². The largest absolute Gasteiger partial charge is 0.480 e. The van der Waals surface area contributed by atoms with Crippen molar-refractivity contribution in [3.63, 3.8) is 0 Å². The minimum absolute atomic E-state index is 0.00349. The summed E-state index contributed by atoms with van der Waals surface area (Å²) >= 11 is 1.35. The molecule has 9 heteroatoms. The summed E-state index contributed by atoms with van der Waals surface area (Å²) in [7, 11) is 3.16. The van der Waals surface area contributed by atoms with Gasteiger partial charge in [0.25, 0.3) is 5.91 Å². The van der Waals surface area contributed by atoms with E-state index >= 15 is 0 Å². The molecular formula is C20H30N4O4S. The number of nitrogens with one attached hydrogen (secondary N) is 1. The first-order valence-corrected chi connectivity index (χ1v) is 10.7. The van der Waals surface area contributed by atoms with Crippen molar-refractivity contribution in [2.75, 3.05) is 47.0 Å². The van der Waals surface area contributed by atoms with Crippen LogP contribution in [0, 0.1) is 12.8 Å². The Morgan fingerprint density at radius 3 is 2.86 bits per heavy atom. The minimum Gasteiger partial charge on any atom is -0.480 e. The second-order valence-electron chi connectivity index (χ2n) is 7.67. The highest BCUT2D eigenvalue weighted by molar-refractivity contribution is 7.20. The highest BCUT2D eigenvalue weighted by Gasteiger charge is 2.24. The lowest BCUT2D eigenvalue weighted by Crippen LogP contribution is -2.48. The van der Waals surface area contributed by atoms with Gasteiger partial charge in [-0.15, -0.1) is 11.3 Å². The Hall–Kier alpha value is -1.81. The molecule has 1 N–H and O–H groups in total. The Bertz CT molecular complexity index is 855. The van der Waals surface area contributed by atoms with Crippen molar-refractivity contribution in [1.29, 1.82) is 0 Å². The second-order valence-corrected chi connectivity index (χ2v) is 8.67. The van der Waals surface area contributed by atoms with Crippen LogP contribution in [0.25, 0.3) is 10.2 Å². The first kappa shape index (κ1) is 21.9. The first-order valence-electron chi connectivity index (χ1n) is 9.88. The van der Waals surface area contributed by atoms with Crippen molar-refractivity contribution < 1.29 is 19.0 Å². The number of aryl methyl sites for hydroxylation is 1. The van der Waals surface area contributed by atoms with Crippen molar-refractivity contribution in [1.82, 2.24) is 20.2 Å². The van der Waals surface area contributed by atoms with E-state index in [4.69, 9.17) is 14.2 Å². The number of carbonyl (C=O) groups is 1. The number of aromatic nitrogens is 2. The Labute approximate surface area is 175 Å².